The van der Waals surface area contributed by atoms with E-state index in [4.69, 9.17) is 11.6 Å². The number of carbonyl (C=O) groups is 1. The summed E-state index contributed by atoms with van der Waals surface area (Å²) >= 11 is 5.92. The molecule has 0 saturated carbocycles. The van der Waals surface area contributed by atoms with Crippen LogP contribution in [0.3, 0.4) is 0 Å². The van der Waals surface area contributed by atoms with E-state index in [1.54, 1.807) is 6.07 Å². The molecule has 1 unspecified atom stereocenters. The summed E-state index contributed by atoms with van der Waals surface area (Å²) in [6.45, 7) is 2.69. The zero-order valence-corrected chi connectivity index (χ0v) is 10.8. The summed E-state index contributed by atoms with van der Waals surface area (Å²) in [4.78, 5) is 18.5. The number of rotatable bonds is 2. The van der Waals surface area contributed by atoms with E-state index in [1.807, 2.05) is 24.0 Å². The van der Waals surface area contributed by atoms with Gasteiger partial charge in [-0.2, -0.15) is 0 Å². The van der Waals surface area contributed by atoms with Crippen LogP contribution in [0.4, 0.5) is 0 Å². The Bertz CT molecular complexity index is 408. The molecule has 3 nitrogen and oxygen atoms in total. The number of amides is 1. The van der Waals surface area contributed by atoms with Crippen molar-refractivity contribution < 1.29 is 4.79 Å². The Hall–Kier alpha value is -1.09. The lowest BCUT2D eigenvalue weighted by atomic mass is 10.0. The average Bonchev–Trinajstić information content (AvgIpc) is 2.38. The first kappa shape index (κ1) is 12.4. The van der Waals surface area contributed by atoms with Crippen LogP contribution in [-0.4, -0.2) is 34.3 Å². The minimum absolute atomic E-state index is 0.0130. The monoisotopic (exact) mass is 252 g/mol. The molecule has 1 atom stereocenters. The van der Waals surface area contributed by atoms with Crippen LogP contribution < -0.4 is 0 Å². The van der Waals surface area contributed by atoms with Crippen molar-refractivity contribution in [2.24, 2.45) is 0 Å². The van der Waals surface area contributed by atoms with Crippen LogP contribution in [0.15, 0.2) is 18.2 Å². The summed E-state index contributed by atoms with van der Waals surface area (Å²) in [6, 6.07) is 5.71. The Labute approximate surface area is 107 Å². The van der Waals surface area contributed by atoms with Gasteiger partial charge in [0.2, 0.25) is 0 Å². The van der Waals surface area contributed by atoms with Crippen LogP contribution in [0.5, 0.6) is 0 Å². The molecule has 0 spiro atoms. The van der Waals surface area contributed by atoms with Gasteiger partial charge in [-0.1, -0.05) is 6.07 Å². The number of hydrogen-bond donors (Lipinski definition) is 0. The molecule has 2 rings (SSSR count). The van der Waals surface area contributed by atoms with Gasteiger partial charge in [-0.05, 0) is 38.3 Å². The zero-order chi connectivity index (χ0) is 12.3. The van der Waals surface area contributed by atoms with E-state index in [1.165, 1.54) is 0 Å². The number of hydrogen-bond acceptors (Lipinski definition) is 2. The van der Waals surface area contributed by atoms with Crippen LogP contribution in [0, 0.1) is 6.92 Å². The van der Waals surface area contributed by atoms with Gasteiger partial charge in [-0.25, -0.2) is 4.98 Å². The number of carbonyl (C=O) groups excluding carboxylic acids is 1. The number of likely N-dealkylation sites (tertiary alicyclic amines) is 1. The van der Waals surface area contributed by atoms with Gasteiger partial charge in [0.25, 0.3) is 5.91 Å². The minimum atomic E-state index is 0.0130. The maximum Gasteiger partial charge on any atom is 0.272 e. The van der Waals surface area contributed by atoms with Crippen LogP contribution >= 0.6 is 11.6 Å². The van der Waals surface area contributed by atoms with E-state index in [-0.39, 0.29) is 11.9 Å². The number of alkyl halides is 1. The molecule has 2 heterocycles. The first-order valence-electron chi connectivity index (χ1n) is 6.03. The van der Waals surface area contributed by atoms with Gasteiger partial charge in [-0.15, -0.1) is 11.6 Å². The summed E-state index contributed by atoms with van der Waals surface area (Å²) < 4.78 is 0. The van der Waals surface area contributed by atoms with Crippen molar-refractivity contribution in [3.8, 4) is 0 Å². The van der Waals surface area contributed by atoms with E-state index in [0.29, 0.717) is 11.6 Å². The fraction of sp³-hybridized carbons (Fsp3) is 0.538. The summed E-state index contributed by atoms with van der Waals surface area (Å²) in [5.41, 5.74) is 1.40. The standard InChI is InChI=1S/C13H17ClN2O/c1-10-5-4-7-12(15-10)13(17)16-8-3-2-6-11(16)9-14/h4-5,7,11H,2-3,6,8-9H2,1H3. The highest BCUT2D eigenvalue weighted by Crippen LogP contribution is 2.20. The molecule has 4 heteroatoms. The molecule has 92 valence electrons. The molecule has 0 aliphatic carbocycles. The molecule has 0 radical (unpaired) electrons. The maximum absolute atomic E-state index is 12.3. The van der Waals surface area contributed by atoms with Gasteiger partial charge in [0.05, 0.1) is 0 Å². The minimum Gasteiger partial charge on any atom is -0.333 e. The normalized spacial score (nSPS) is 20.4. The highest BCUT2D eigenvalue weighted by molar-refractivity contribution is 6.18. The van der Waals surface area contributed by atoms with E-state index in [2.05, 4.69) is 4.98 Å². The van der Waals surface area contributed by atoms with Crippen molar-refractivity contribution in [2.75, 3.05) is 12.4 Å². The fourth-order valence-electron chi connectivity index (χ4n) is 2.24. The first-order chi connectivity index (χ1) is 8.22. The van der Waals surface area contributed by atoms with E-state index in [0.717, 1.165) is 31.5 Å². The van der Waals surface area contributed by atoms with Gasteiger partial charge in [0.1, 0.15) is 5.69 Å². The van der Waals surface area contributed by atoms with Crippen molar-refractivity contribution in [3.05, 3.63) is 29.6 Å². The lowest BCUT2D eigenvalue weighted by molar-refractivity contribution is 0.0633. The number of aryl methyl sites for hydroxylation is 1. The number of halogens is 1. The number of aromatic nitrogens is 1. The third-order valence-electron chi connectivity index (χ3n) is 3.17. The fourth-order valence-corrected chi connectivity index (χ4v) is 2.56. The van der Waals surface area contributed by atoms with E-state index in [9.17, 15) is 4.79 Å². The lowest BCUT2D eigenvalue weighted by Crippen LogP contribution is -2.45. The van der Waals surface area contributed by atoms with Crippen molar-refractivity contribution >= 4 is 17.5 Å². The Morgan fingerprint density at radius 3 is 3.06 bits per heavy atom. The summed E-state index contributed by atoms with van der Waals surface area (Å²) in [6.07, 6.45) is 3.22. The van der Waals surface area contributed by atoms with Crippen LogP contribution in [0.2, 0.25) is 0 Å². The van der Waals surface area contributed by atoms with Crippen molar-refractivity contribution in [3.63, 3.8) is 0 Å². The second kappa shape index (κ2) is 5.50. The molecule has 1 aromatic rings. The SMILES string of the molecule is Cc1cccc(C(=O)N2CCCCC2CCl)n1. The Morgan fingerprint density at radius 1 is 1.53 bits per heavy atom. The van der Waals surface area contributed by atoms with E-state index < -0.39 is 0 Å². The lowest BCUT2D eigenvalue weighted by Gasteiger charge is -2.34. The molecule has 0 aromatic carbocycles. The van der Waals surface area contributed by atoms with Crippen LogP contribution in [0.25, 0.3) is 0 Å². The van der Waals surface area contributed by atoms with Gasteiger partial charge < -0.3 is 4.90 Å². The van der Waals surface area contributed by atoms with Gasteiger partial charge >= 0.3 is 0 Å². The molecule has 1 aromatic heterocycles. The first-order valence-corrected chi connectivity index (χ1v) is 6.56. The zero-order valence-electron chi connectivity index (χ0n) is 10.0. The Kier molecular flexibility index (Phi) is 4.00. The number of nitrogens with zero attached hydrogens (tertiary/aromatic N) is 2. The van der Waals surface area contributed by atoms with Crippen LogP contribution in [0.1, 0.15) is 35.4 Å². The second-order valence-electron chi connectivity index (χ2n) is 4.47. The topological polar surface area (TPSA) is 33.2 Å². The quantitative estimate of drug-likeness (QED) is 0.758. The summed E-state index contributed by atoms with van der Waals surface area (Å²) in [5, 5.41) is 0. The van der Waals surface area contributed by atoms with Crippen LogP contribution in [-0.2, 0) is 0 Å². The summed E-state index contributed by atoms with van der Waals surface area (Å²) in [5.74, 6) is 0.524. The molecule has 1 aliphatic heterocycles. The molecular formula is C13H17ClN2O. The van der Waals surface area contributed by atoms with Gasteiger partial charge in [0.15, 0.2) is 0 Å². The predicted octanol–water partition coefficient (Wildman–Crippen LogP) is 2.62. The molecular weight excluding hydrogens is 236 g/mol. The predicted molar refractivity (Wildman–Crippen MR) is 68.4 cm³/mol. The molecule has 17 heavy (non-hydrogen) atoms. The highest BCUT2D eigenvalue weighted by Gasteiger charge is 2.27. The van der Waals surface area contributed by atoms with Gasteiger partial charge in [0, 0.05) is 24.2 Å². The molecule has 1 saturated heterocycles. The van der Waals surface area contributed by atoms with E-state index >= 15 is 0 Å². The third kappa shape index (κ3) is 2.78. The highest BCUT2D eigenvalue weighted by atomic mass is 35.5. The Balaban J connectivity index is 2.18. The average molecular weight is 253 g/mol. The van der Waals surface area contributed by atoms with Gasteiger partial charge in [-0.3, -0.25) is 4.79 Å². The molecule has 1 amide bonds. The number of pyridine rings is 1. The summed E-state index contributed by atoms with van der Waals surface area (Å²) in [7, 11) is 0. The van der Waals surface area contributed by atoms with Crippen molar-refractivity contribution in [1.29, 1.82) is 0 Å². The molecule has 0 N–H and O–H groups in total. The smallest absolute Gasteiger partial charge is 0.272 e. The maximum atomic E-state index is 12.3. The Morgan fingerprint density at radius 2 is 2.35 bits per heavy atom. The number of piperidine rings is 1. The third-order valence-corrected chi connectivity index (χ3v) is 3.53. The largest absolute Gasteiger partial charge is 0.333 e. The molecule has 1 aliphatic rings. The molecule has 0 bridgehead atoms. The molecule has 1 fully saturated rings. The second-order valence-corrected chi connectivity index (χ2v) is 4.78. The van der Waals surface area contributed by atoms with Crippen molar-refractivity contribution in [1.82, 2.24) is 9.88 Å². The van der Waals surface area contributed by atoms with Crippen molar-refractivity contribution in [2.45, 2.75) is 32.2 Å².